The second-order valence-corrected chi connectivity index (χ2v) is 16.4. The van der Waals surface area contributed by atoms with Gasteiger partial charge in [0.25, 0.3) is 0 Å². The number of nitrogens with two attached hydrogens (primary N) is 1. The minimum atomic E-state index is 0. The first-order chi connectivity index (χ1) is 22.9. The van der Waals surface area contributed by atoms with Crippen LogP contribution in [-0.4, -0.2) is 76.3 Å². The molecule has 292 valence electrons. The first kappa shape index (κ1) is 77.8. The molecule has 1 fully saturated rings. The van der Waals surface area contributed by atoms with E-state index in [1.165, 1.54) is 87.2 Å². The number of amidine groups is 1. The third kappa shape index (κ3) is 95.6. The summed E-state index contributed by atoms with van der Waals surface area (Å²) in [7, 11) is 0. The Bertz CT molecular complexity index is 772. The molecule has 0 spiro atoms. The molecule has 1 aliphatic rings. The van der Waals surface area contributed by atoms with Gasteiger partial charge < -0.3 is 25.7 Å². The van der Waals surface area contributed by atoms with Crippen LogP contribution in [0.1, 0.15) is 53.4 Å². The fraction of sp³-hybridized carbons (Fsp3) is 0.567. The maximum atomic E-state index is 6.64. The largest absolute Gasteiger partial charge is 0.394 e. The Balaban J connectivity index is -0.0000000568. The first-order valence-corrected chi connectivity index (χ1v) is 23.8. The van der Waals surface area contributed by atoms with Crippen molar-refractivity contribution in [1.82, 2.24) is 19.9 Å². The Kier molecular flexibility index (Phi) is 120. The smallest absolute Gasteiger partial charge is 0.151 e. The third-order valence-corrected chi connectivity index (χ3v) is 9.47. The molecule has 1 atom stereocenters. The van der Waals surface area contributed by atoms with E-state index in [4.69, 9.17) is 45.9 Å². The van der Waals surface area contributed by atoms with Gasteiger partial charge in [-0.05, 0) is 70.7 Å². The second kappa shape index (κ2) is 80.3. The van der Waals surface area contributed by atoms with Crippen LogP contribution in [0, 0.1) is 27.5 Å². The van der Waals surface area contributed by atoms with Gasteiger partial charge in [-0.1, -0.05) is 55.4 Å². The van der Waals surface area contributed by atoms with Crippen molar-refractivity contribution < 1.29 is 131 Å². The average molecular weight is 1340 g/mol. The summed E-state index contributed by atoms with van der Waals surface area (Å²) < 4.78 is 0. The van der Waals surface area contributed by atoms with Crippen molar-refractivity contribution in [2.75, 3.05) is 46.0 Å². The van der Waals surface area contributed by atoms with Crippen molar-refractivity contribution in [3.8, 4) is 0 Å². The average Bonchev–Trinajstić information content (AvgIpc) is 3.93. The van der Waals surface area contributed by atoms with E-state index in [1.54, 1.807) is 24.8 Å². The number of nitrogens with one attached hydrogen (secondary N) is 1. The third-order valence-electron chi connectivity index (χ3n) is 3.59. The quantitative estimate of drug-likeness (QED) is 0.0620. The fourth-order valence-electron chi connectivity index (χ4n) is 1.85. The number of hydrogen-bond donors (Lipinski definition) is 2. The van der Waals surface area contributed by atoms with Crippen molar-refractivity contribution in [3.63, 3.8) is 0 Å². The van der Waals surface area contributed by atoms with Crippen LogP contribution in [0.2, 0.25) is 0 Å². The number of thiazole rings is 4. The van der Waals surface area contributed by atoms with Crippen LogP contribution in [0.4, 0.5) is 0 Å². The van der Waals surface area contributed by atoms with Gasteiger partial charge in [-0.2, -0.15) is 23.5 Å². The summed E-state index contributed by atoms with van der Waals surface area (Å²) in [6.45, 7) is 8.32. The van der Waals surface area contributed by atoms with Gasteiger partial charge in [0.1, 0.15) is 0 Å². The van der Waals surface area contributed by atoms with Gasteiger partial charge in [-0.3, -0.25) is 50.8 Å². The minimum absolute atomic E-state index is 0. The van der Waals surface area contributed by atoms with Crippen LogP contribution in [-0.2, 0) is 131 Å². The van der Waals surface area contributed by atoms with Crippen molar-refractivity contribution in [2.24, 2.45) is 5.73 Å². The number of thioether (sulfide) groups is 3. The summed E-state index contributed by atoms with van der Waals surface area (Å²) in [6.07, 6.45) is 12.0. The van der Waals surface area contributed by atoms with Gasteiger partial charge >= 0.3 is 0 Å². The number of aromatic nitrogens is 4. The van der Waals surface area contributed by atoms with E-state index in [1.807, 2.05) is 47.1 Å². The van der Waals surface area contributed by atoms with Gasteiger partial charge in [0, 0.05) is 159 Å². The molecule has 52 heavy (non-hydrogen) atoms. The zero-order valence-electron chi connectivity index (χ0n) is 30.1. The molecule has 1 unspecified atom stereocenters. The molecule has 4 radical (unpaired) electrons. The first-order valence-electron chi connectivity index (χ1n) is 14.3. The molecule has 0 amide bonds. The molecule has 5 heterocycles. The van der Waals surface area contributed by atoms with E-state index >= 15 is 0 Å². The zero-order chi connectivity index (χ0) is 35.9. The molecule has 0 aromatic carbocycles. The van der Waals surface area contributed by atoms with Crippen molar-refractivity contribution >= 4 is 154 Å². The normalized spacial score (nSPS) is 10.4. The topological polar surface area (TPSA) is 101 Å². The molecular weight excluding hydrogens is 1290 g/mol. The molecule has 3 N–H and O–H groups in total. The molecule has 6 nitrogen and oxygen atoms in total. The SMILES string of the molecule is Br.CC1CCCS1.CCCl.CCSC(=N)N.CCSCCCCl.ClCCCBr.[Y].[Y].[Y].[Y].[c-]1nccs1.[c-]1nccs1.[c-]1nccs1.[c-]1nccs1. The summed E-state index contributed by atoms with van der Waals surface area (Å²) in [6, 6.07) is 0. The van der Waals surface area contributed by atoms with Gasteiger partial charge in [0.15, 0.2) is 5.17 Å². The standard InChI is InChI=1S/C5H11ClS.C5H10S.C3H6BrCl.C3H8N2S.4C3H2NS.C2H5Cl.BrH.4Y/c1-2-7-5-3-4-6;1-5-3-2-4-6-5;4-2-1-3-5;1-2-6-3(4)5;4*1-2-5-3-4-1;1-2-3;;;;;/h2-5H2,1H3;5H,2-4H2,1H3;1-3H2;2H2,1H3,(H3,4,5);4*1-2H;2H2,1H3;1H;;;;/q;;;;4*-1;;;;;;. The van der Waals surface area contributed by atoms with E-state index in [-0.39, 0.29) is 153 Å². The Morgan fingerprint density at radius 1 is 0.788 bits per heavy atom. The van der Waals surface area contributed by atoms with Crippen LogP contribution in [0.25, 0.3) is 0 Å². The van der Waals surface area contributed by atoms with E-state index < -0.39 is 0 Å². The van der Waals surface area contributed by atoms with Crippen LogP contribution in [0.5, 0.6) is 0 Å². The van der Waals surface area contributed by atoms with Crippen LogP contribution >= 0.6 is 148 Å². The molecule has 1 saturated heterocycles. The van der Waals surface area contributed by atoms with Gasteiger partial charge in [0.05, 0.1) is 0 Å². The summed E-state index contributed by atoms with van der Waals surface area (Å²) in [5.41, 5.74) is 15.6. The van der Waals surface area contributed by atoms with Crippen LogP contribution in [0.15, 0.2) is 46.3 Å². The van der Waals surface area contributed by atoms with Crippen molar-refractivity contribution in [3.05, 3.63) is 68.3 Å². The molecule has 5 rings (SSSR count). The Labute approximate surface area is 479 Å². The van der Waals surface area contributed by atoms with Crippen LogP contribution < -0.4 is 5.73 Å². The fourth-order valence-corrected chi connectivity index (χ4v) is 6.12. The van der Waals surface area contributed by atoms with Gasteiger partial charge in [-0.15, -0.1) is 98.1 Å². The maximum absolute atomic E-state index is 6.64. The predicted molar refractivity (Wildman–Crippen MR) is 239 cm³/mol. The van der Waals surface area contributed by atoms with Gasteiger partial charge in [0.2, 0.25) is 0 Å². The summed E-state index contributed by atoms with van der Waals surface area (Å²) in [5, 5.41) is 16.3. The molecule has 0 bridgehead atoms. The summed E-state index contributed by atoms with van der Waals surface area (Å²) >= 11 is 30.2. The predicted octanol–water partition coefficient (Wildman–Crippen LogP) is 12.5. The number of nitrogens with zero attached hydrogens (tertiary/aromatic N) is 4. The van der Waals surface area contributed by atoms with Crippen molar-refractivity contribution in [2.45, 2.75) is 58.6 Å². The van der Waals surface area contributed by atoms with Gasteiger partial charge in [-0.25, -0.2) is 0 Å². The van der Waals surface area contributed by atoms with E-state index in [0.29, 0.717) is 0 Å². The van der Waals surface area contributed by atoms with E-state index in [2.05, 4.69) is 83.5 Å². The number of halogens is 5. The van der Waals surface area contributed by atoms with E-state index in [9.17, 15) is 0 Å². The zero-order valence-corrected chi connectivity index (χ0v) is 52.8. The number of rotatable bonds is 7. The maximum Gasteiger partial charge on any atom is 0.151 e. The Morgan fingerprint density at radius 2 is 1.17 bits per heavy atom. The Hall–Kier alpha value is 5.29. The summed E-state index contributed by atoms with van der Waals surface area (Å²) in [5.74, 6) is 7.05. The van der Waals surface area contributed by atoms with E-state index in [0.717, 1.165) is 46.8 Å². The molecule has 0 saturated carbocycles. The second-order valence-electron chi connectivity index (χ2n) is 7.35. The Morgan fingerprint density at radius 3 is 1.27 bits per heavy atom. The molecule has 0 aliphatic carbocycles. The molecule has 4 aromatic rings. The monoisotopic (exact) mass is 1340 g/mol. The summed E-state index contributed by atoms with van der Waals surface area (Å²) in [4.78, 5) is 14.5. The van der Waals surface area contributed by atoms with Crippen molar-refractivity contribution in [1.29, 1.82) is 5.41 Å². The molecule has 1 aliphatic heterocycles. The molecule has 4 aromatic heterocycles. The minimum Gasteiger partial charge on any atom is -0.394 e. The number of alkyl halides is 4. The number of hydrogen-bond acceptors (Lipinski definition) is 12. The molecular formula is C30H49Br2Cl3N6S7Y4-4. The van der Waals surface area contributed by atoms with Crippen LogP contribution in [0.3, 0.4) is 0 Å². The molecule has 22 heteroatoms.